The van der Waals surface area contributed by atoms with Crippen LogP contribution in [0.4, 0.5) is 0 Å². The number of aryl methyl sites for hydroxylation is 1. The second-order valence-corrected chi connectivity index (χ2v) is 4.83. The van der Waals surface area contributed by atoms with E-state index in [1.165, 1.54) is 7.11 Å². The van der Waals surface area contributed by atoms with Crippen molar-refractivity contribution in [2.75, 3.05) is 26.9 Å². The number of aliphatic hydroxyl groups is 1. The number of nitrogens with one attached hydrogen (secondary N) is 1. The third-order valence-electron chi connectivity index (χ3n) is 3.50. The minimum Gasteiger partial charge on any atom is -0.390 e. The largest absolute Gasteiger partial charge is 0.390 e. The molecule has 112 valence electrons. The van der Waals surface area contributed by atoms with Crippen molar-refractivity contribution in [2.24, 2.45) is 5.92 Å². The van der Waals surface area contributed by atoms with Gasteiger partial charge in [-0.05, 0) is 13.0 Å². The number of aliphatic hydroxyl groups excluding tert-OH is 1. The van der Waals surface area contributed by atoms with E-state index >= 15 is 0 Å². The van der Waals surface area contributed by atoms with Gasteiger partial charge in [0.15, 0.2) is 0 Å². The highest BCUT2D eigenvalue weighted by Gasteiger charge is 2.32. The number of hydrogen-bond donors (Lipinski definition) is 2. The topological polar surface area (TPSA) is 85.6 Å². The third kappa shape index (κ3) is 3.36. The Morgan fingerprint density at radius 1 is 1.65 bits per heavy atom. The van der Waals surface area contributed by atoms with E-state index in [9.17, 15) is 9.90 Å². The van der Waals surface area contributed by atoms with E-state index in [4.69, 9.17) is 9.47 Å². The van der Waals surface area contributed by atoms with Crippen LogP contribution in [-0.2, 0) is 16.0 Å². The SMILES string of the molecule is CCn1ccc(C(=O)NC[C@@H]2COC[C@@H](OC)[C@H]2O)n1. The monoisotopic (exact) mass is 283 g/mol. The van der Waals surface area contributed by atoms with Crippen molar-refractivity contribution in [1.82, 2.24) is 15.1 Å². The number of amides is 1. The second kappa shape index (κ2) is 6.83. The molecule has 1 aliphatic rings. The Morgan fingerprint density at radius 2 is 2.45 bits per heavy atom. The minimum absolute atomic E-state index is 0.175. The molecule has 0 bridgehead atoms. The Hall–Kier alpha value is -1.44. The van der Waals surface area contributed by atoms with Crippen LogP contribution in [0, 0.1) is 5.92 Å². The number of hydrogen-bond acceptors (Lipinski definition) is 5. The quantitative estimate of drug-likeness (QED) is 0.772. The molecule has 2 rings (SSSR count). The lowest BCUT2D eigenvalue weighted by Crippen LogP contribution is -2.49. The zero-order chi connectivity index (χ0) is 14.5. The van der Waals surface area contributed by atoms with Gasteiger partial charge in [-0.2, -0.15) is 5.10 Å². The van der Waals surface area contributed by atoms with Gasteiger partial charge < -0.3 is 19.9 Å². The summed E-state index contributed by atoms with van der Waals surface area (Å²) in [5.74, 6) is -0.421. The summed E-state index contributed by atoms with van der Waals surface area (Å²) in [4.78, 5) is 11.9. The predicted octanol–water partition coefficient (Wildman–Crippen LogP) is -0.345. The Kier molecular flexibility index (Phi) is 5.11. The van der Waals surface area contributed by atoms with E-state index in [0.29, 0.717) is 25.5 Å². The van der Waals surface area contributed by atoms with E-state index < -0.39 is 6.10 Å². The van der Waals surface area contributed by atoms with Crippen molar-refractivity contribution in [3.8, 4) is 0 Å². The zero-order valence-electron chi connectivity index (χ0n) is 11.8. The van der Waals surface area contributed by atoms with Crippen molar-refractivity contribution >= 4 is 5.91 Å². The number of carbonyl (C=O) groups is 1. The molecule has 0 unspecified atom stereocenters. The van der Waals surface area contributed by atoms with E-state index in [2.05, 4.69) is 10.4 Å². The van der Waals surface area contributed by atoms with Gasteiger partial charge in [0, 0.05) is 32.3 Å². The Balaban J connectivity index is 1.86. The number of ether oxygens (including phenoxy) is 2. The molecule has 7 nitrogen and oxygen atoms in total. The molecule has 1 aromatic rings. The maximum Gasteiger partial charge on any atom is 0.271 e. The van der Waals surface area contributed by atoms with Gasteiger partial charge in [0.25, 0.3) is 5.91 Å². The van der Waals surface area contributed by atoms with Gasteiger partial charge in [-0.1, -0.05) is 0 Å². The lowest BCUT2D eigenvalue weighted by Gasteiger charge is -2.33. The molecule has 1 aliphatic heterocycles. The summed E-state index contributed by atoms with van der Waals surface area (Å²) in [6.07, 6.45) is 0.779. The van der Waals surface area contributed by atoms with Crippen molar-refractivity contribution in [2.45, 2.75) is 25.7 Å². The van der Waals surface area contributed by atoms with Gasteiger partial charge >= 0.3 is 0 Å². The zero-order valence-corrected chi connectivity index (χ0v) is 11.8. The molecule has 2 N–H and O–H groups in total. The fraction of sp³-hybridized carbons (Fsp3) is 0.692. The van der Waals surface area contributed by atoms with Crippen LogP contribution in [-0.4, -0.2) is 59.9 Å². The molecule has 1 fully saturated rings. The van der Waals surface area contributed by atoms with E-state index in [-0.39, 0.29) is 17.9 Å². The molecule has 0 radical (unpaired) electrons. The van der Waals surface area contributed by atoms with Crippen LogP contribution in [0.3, 0.4) is 0 Å². The molecule has 1 aromatic heterocycles. The van der Waals surface area contributed by atoms with Crippen LogP contribution in [0.15, 0.2) is 12.3 Å². The maximum atomic E-state index is 11.9. The first-order valence-corrected chi connectivity index (χ1v) is 6.76. The lowest BCUT2D eigenvalue weighted by atomic mass is 9.96. The summed E-state index contributed by atoms with van der Waals surface area (Å²) >= 11 is 0. The molecular formula is C13H21N3O4. The maximum absolute atomic E-state index is 11.9. The van der Waals surface area contributed by atoms with Gasteiger partial charge in [-0.15, -0.1) is 0 Å². The van der Waals surface area contributed by atoms with Crippen molar-refractivity contribution in [3.05, 3.63) is 18.0 Å². The molecule has 2 heterocycles. The number of rotatable bonds is 5. The summed E-state index contributed by atoms with van der Waals surface area (Å²) in [6.45, 7) is 3.79. The normalized spacial score (nSPS) is 26.4. The highest BCUT2D eigenvalue weighted by atomic mass is 16.5. The van der Waals surface area contributed by atoms with E-state index in [0.717, 1.165) is 6.54 Å². The number of aromatic nitrogens is 2. The Morgan fingerprint density at radius 3 is 3.10 bits per heavy atom. The van der Waals surface area contributed by atoms with Crippen LogP contribution in [0.25, 0.3) is 0 Å². The highest BCUT2D eigenvalue weighted by Crippen LogP contribution is 2.16. The van der Waals surface area contributed by atoms with Gasteiger partial charge in [-0.25, -0.2) is 0 Å². The Bertz CT molecular complexity index is 449. The van der Waals surface area contributed by atoms with Crippen LogP contribution >= 0.6 is 0 Å². The van der Waals surface area contributed by atoms with Gasteiger partial charge in [0.1, 0.15) is 11.8 Å². The van der Waals surface area contributed by atoms with Gasteiger partial charge in [0.05, 0.1) is 19.3 Å². The van der Waals surface area contributed by atoms with Crippen LogP contribution in [0.5, 0.6) is 0 Å². The molecule has 0 saturated carbocycles. The number of methoxy groups -OCH3 is 1. The number of nitrogens with zero attached hydrogens (tertiary/aromatic N) is 2. The third-order valence-corrected chi connectivity index (χ3v) is 3.50. The van der Waals surface area contributed by atoms with Crippen LogP contribution < -0.4 is 5.32 Å². The molecule has 3 atom stereocenters. The highest BCUT2D eigenvalue weighted by molar-refractivity contribution is 5.92. The molecule has 7 heteroatoms. The molecule has 0 aliphatic carbocycles. The van der Waals surface area contributed by atoms with Crippen molar-refractivity contribution in [3.63, 3.8) is 0 Å². The average Bonchev–Trinajstić information content (AvgIpc) is 2.95. The molecule has 1 amide bonds. The standard InChI is InChI=1S/C13H21N3O4/c1-3-16-5-4-10(15-16)13(18)14-6-9-7-20-8-11(19-2)12(9)17/h4-5,9,11-12,17H,3,6-8H2,1-2H3,(H,14,18)/t9-,11-,12+/m1/s1. The van der Waals surface area contributed by atoms with E-state index in [1.807, 2.05) is 6.92 Å². The van der Waals surface area contributed by atoms with Gasteiger partial charge in [0.2, 0.25) is 0 Å². The first-order valence-electron chi connectivity index (χ1n) is 6.76. The molecule has 20 heavy (non-hydrogen) atoms. The van der Waals surface area contributed by atoms with Crippen LogP contribution in [0.1, 0.15) is 17.4 Å². The lowest BCUT2D eigenvalue weighted by molar-refractivity contribution is -0.132. The summed E-state index contributed by atoms with van der Waals surface area (Å²) in [7, 11) is 1.54. The summed E-state index contributed by atoms with van der Waals surface area (Å²) < 4.78 is 12.2. The first kappa shape index (κ1) is 15.0. The Labute approximate surface area is 117 Å². The fourth-order valence-corrected chi connectivity index (χ4v) is 2.20. The van der Waals surface area contributed by atoms with E-state index in [1.54, 1.807) is 16.9 Å². The molecular weight excluding hydrogens is 262 g/mol. The van der Waals surface area contributed by atoms with Gasteiger partial charge in [-0.3, -0.25) is 9.48 Å². The second-order valence-electron chi connectivity index (χ2n) is 4.83. The summed E-state index contributed by atoms with van der Waals surface area (Å²) in [5, 5.41) is 17.0. The fourth-order valence-electron chi connectivity index (χ4n) is 2.20. The average molecular weight is 283 g/mol. The minimum atomic E-state index is -0.637. The molecule has 0 spiro atoms. The first-order chi connectivity index (χ1) is 9.65. The molecule has 1 saturated heterocycles. The molecule has 0 aromatic carbocycles. The van der Waals surface area contributed by atoms with Crippen LogP contribution in [0.2, 0.25) is 0 Å². The summed E-state index contributed by atoms with van der Waals surface area (Å²) in [6, 6.07) is 1.67. The van der Waals surface area contributed by atoms with Crippen molar-refractivity contribution < 1.29 is 19.4 Å². The van der Waals surface area contributed by atoms with Crippen molar-refractivity contribution in [1.29, 1.82) is 0 Å². The smallest absolute Gasteiger partial charge is 0.271 e. The predicted molar refractivity (Wildman–Crippen MR) is 71.3 cm³/mol. The number of carbonyl (C=O) groups excluding carboxylic acids is 1. The summed E-state index contributed by atoms with van der Waals surface area (Å²) in [5.41, 5.74) is 0.376.